The largest absolute Gasteiger partial charge is 0.368 e. The van der Waals surface area contributed by atoms with Gasteiger partial charge in [-0.05, 0) is 12.1 Å². The predicted molar refractivity (Wildman–Crippen MR) is 41.7 cm³/mol. The van der Waals surface area contributed by atoms with Crippen molar-refractivity contribution in [2.24, 2.45) is 0 Å². The molecule has 1 heterocycles. The fourth-order valence-corrected chi connectivity index (χ4v) is 0.278. The molecule has 3 radical (unpaired) electrons. The maximum atomic E-state index is 9.47. The molecule has 0 aliphatic carbocycles. The summed E-state index contributed by atoms with van der Waals surface area (Å²) in [5.41, 5.74) is 0. The Kier molecular flexibility index (Phi) is 13.7. The lowest BCUT2D eigenvalue weighted by Gasteiger charge is -1.49. The monoisotopic (exact) mass is 224 g/mol. The van der Waals surface area contributed by atoms with Crippen molar-refractivity contribution in [3.05, 3.63) is 24.5 Å². The Labute approximate surface area is 64.2 Å². The van der Waals surface area contributed by atoms with Crippen LogP contribution in [-0.4, -0.2) is 13.4 Å². The van der Waals surface area contributed by atoms with E-state index in [9.17, 15) is 2.86 Å². The third kappa shape index (κ3) is 6.00. The van der Waals surface area contributed by atoms with Crippen LogP contribution in [0.5, 0.6) is 0 Å². The Morgan fingerprint density at radius 3 is 1.62 bits per heavy atom. The lowest BCUT2D eigenvalue weighted by Crippen LogP contribution is -1.38. The quantitative estimate of drug-likeness (QED) is 0.511. The third-order valence-corrected chi connectivity index (χ3v) is 0.496. The highest BCUT2D eigenvalue weighted by Crippen LogP contribution is 1.72. The first-order valence-corrected chi connectivity index (χ1v) is 2.54. The molecule has 0 amide bonds. The van der Waals surface area contributed by atoms with Crippen LogP contribution in [0.3, 0.4) is 0 Å². The van der Waals surface area contributed by atoms with Crippen LogP contribution in [0.4, 0.5) is 2.86 Å². The third-order valence-electron chi connectivity index (χ3n) is 0.496. The van der Waals surface area contributed by atoms with E-state index in [4.69, 9.17) is 0 Å². The second-order valence-corrected chi connectivity index (χ2v) is 0.885. The Hall–Kier alpha value is 0.00494. The molecule has 1 nitrogen and oxygen atoms in total. The zero-order valence-corrected chi connectivity index (χ0v) is 6.30. The van der Waals surface area contributed by atoms with E-state index in [2.05, 4.69) is 4.98 Å². The van der Waals surface area contributed by atoms with Gasteiger partial charge in [0.15, 0.2) is 23.2 Å². The maximum absolute atomic E-state index is 9.47. The molecule has 1 N–H and O–H groups in total. The van der Waals surface area contributed by atoms with E-state index in [1.807, 2.05) is 24.5 Å². The Morgan fingerprint density at radius 2 is 1.50 bits per heavy atom. The number of hydrogen-bond donors (Lipinski definition) is 1. The molecule has 0 spiro atoms. The smallest absolute Gasteiger partial charge is 0.171 e. The molecule has 0 atom stereocenters. The van der Waals surface area contributed by atoms with E-state index >= 15 is 0 Å². The molecular weight excluding hydrogens is 219 g/mol. The number of nitrogens with one attached hydrogen (secondary N) is 1. The molecule has 0 aliphatic heterocycles. The summed E-state index contributed by atoms with van der Waals surface area (Å²) < 4.78 is 9.47. The van der Waals surface area contributed by atoms with E-state index in [1.54, 1.807) is 0 Å². The summed E-state index contributed by atoms with van der Waals surface area (Å²) in [6.45, 7) is 0. The minimum Gasteiger partial charge on any atom is -0.368 e. The highest BCUT2D eigenvalue weighted by atomic mass is 127. The van der Waals surface area contributed by atoms with Crippen LogP contribution in [-0.2, 0) is 0 Å². The minimum atomic E-state index is 0. The number of hydrogen-bond acceptors (Lipinski definition) is 0. The molecule has 0 aliphatic rings. The SMILES string of the molecule is FI.[B].c1cc[nH]c1. The average molecular weight is 224 g/mol. The van der Waals surface area contributed by atoms with Crippen LogP contribution in [0.2, 0.25) is 0 Å². The van der Waals surface area contributed by atoms with Crippen molar-refractivity contribution < 1.29 is 2.86 Å². The van der Waals surface area contributed by atoms with Gasteiger partial charge in [-0.15, -0.1) is 0 Å². The van der Waals surface area contributed by atoms with E-state index in [0.29, 0.717) is 23.2 Å². The summed E-state index contributed by atoms with van der Waals surface area (Å²) in [4.78, 5) is 2.86. The van der Waals surface area contributed by atoms with Crippen molar-refractivity contribution >= 4 is 31.6 Å². The standard InChI is InChI=1S/C4H5N.B.FI/c1-2-4-5-3-1;;1-2/h1-5H;;. The van der Waals surface area contributed by atoms with Crippen molar-refractivity contribution in [2.45, 2.75) is 0 Å². The van der Waals surface area contributed by atoms with Crippen molar-refractivity contribution in [2.75, 3.05) is 0 Å². The summed E-state index contributed by atoms with van der Waals surface area (Å²) in [5.74, 6) is 0. The number of rotatable bonds is 0. The predicted octanol–water partition coefficient (Wildman–Crippen LogP) is 1.94. The van der Waals surface area contributed by atoms with Crippen LogP contribution >= 0.6 is 23.2 Å². The number of aromatic amines is 1. The van der Waals surface area contributed by atoms with Crippen molar-refractivity contribution in [1.29, 1.82) is 0 Å². The van der Waals surface area contributed by atoms with Gasteiger partial charge in [0.2, 0.25) is 0 Å². The maximum Gasteiger partial charge on any atom is 0.171 e. The fourth-order valence-electron chi connectivity index (χ4n) is 0.278. The van der Waals surface area contributed by atoms with Crippen LogP contribution < -0.4 is 0 Å². The molecule has 43 valence electrons. The summed E-state index contributed by atoms with van der Waals surface area (Å²) in [7, 11) is 0. The number of halogens is 2. The molecule has 8 heavy (non-hydrogen) atoms. The Balaban J connectivity index is 0. The molecule has 0 unspecified atom stereocenters. The topological polar surface area (TPSA) is 15.8 Å². The Bertz CT molecular complexity index is 72.5. The first-order valence-electron chi connectivity index (χ1n) is 1.72. The van der Waals surface area contributed by atoms with Gasteiger partial charge in [-0.3, -0.25) is 0 Å². The van der Waals surface area contributed by atoms with Crippen molar-refractivity contribution in [1.82, 2.24) is 4.98 Å². The van der Waals surface area contributed by atoms with Gasteiger partial charge in [0.25, 0.3) is 0 Å². The molecule has 1 aromatic rings. The first-order chi connectivity index (χ1) is 3.50. The molecular formula is C4H5BFIN. The molecule has 0 saturated carbocycles. The minimum absolute atomic E-state index is 0. The van der Waals surface area contributed by atoms with Gasteiger partial charge in [0.05, 0.1) is 0 Å². The summed E-state index contributed by atoms with van der Waals surface area (Å²) in [5, 5.41) is 0. The summed E-state index contributed by atoms with van der Waals surface area (Å²) in [6.07, 6.45) is 3.75. The fraction of sp³-hybridized carbons (Fsp3) is 0. The molecule has 0 saturated heterocycles. The van der Waals surface area contributed by atoms with E-state index in [0.717, 1.165) is 0 Å². The van der Waals surface area contributed by atoms with Crippen LogP contribution in [0.1, 0.15) is 0 Å². The zero-order valence-electron chi connectivity index (χ0n) is 4.14. The first kappa shape index (κ1) is 10.9. The van der Waals surface area contributed by atoms with E-state index < -0.39 is 0 Å². The molecule has 1 rings (SSSR count). The van der Waals surface area contributed by atoms with Gasteiger partial charge in [0, 0.05) is 20.8 Å². The van der Waals surface area contributed by atoms with Gasteiger partial charge in [-0.1, -0.05) is 0 Å². The summed E-state index contributed by atoms with van der Waals surface area (Å²) >= 11 is 0.650. The van der Waals surface area contributed by atoms with Crippen molar-refractivity contribution in [3.63, 3.8) is 0 Å². The van der Waals surface area contributed by atoms with Crippen LogP contribution in [0.25, 0.3) is 0 Å². The highest BCUT2D eigenvalue weighted by molar-refractivity contribution is 14.1. The van der Waals surface area contributed by atoms with Crippen LogP contribution in [0.15, 0.2) is 24.5 Å². The van der Waals surface area contributed by atoms with Crippen LogP contribution in [0, 0.1) is 0 Å². The molecule has 1 aromatic heterocycles. The normalized spacial score (nSPS) is 5.75. The van der Waals surface area contributed by atoms with Gasteiger partial charge in [-0.2, -0.15) is 2.86 Å². The molecule has 0 bridgehead atoms. The average Bonchev–Trinajstić information content (AvgIpc) is 2.23. The zero-order chi connectivity index (χ0) is 5.54. The van der Waals surface area contributed by atoms with Gasteiger partial charge in [0.1, 0.15) is 0 Å². The highest BCUT2D eigenvalue weighted by Gasteiger charge is 1.55. The second-order valence-electron chi connectivity index (χ2n) is 0.885. The number of H-pyrrole nitrogens is 1. The van der Waals surface area contributed by atoms with E-state index in [-0.39, 0.29) is 8.41 Å². The second kappa shape index (κ2) is 10.1. The van der Waals surface area contributed by atoms with E-state index in [1.165, 1.54) is 0 Å². The molecule has 0 aromatic carbocycles. The van der Waals surface area contributed by atoms with Gasteiger partial charge in [-0.25, -0.2) is 0 Å². The summed E-state index contributed by atoms with van der Waals surface area (Å²) in [6, 6.07) is 3.89. The lowest BCUT2D eigenvalue weighted by molar-refractivity contribution is 1.03. The molecule has 4 heteroatoms. The van der Waals surface area contributed by atoms with Gasteiger partial charge >= 0.3 is 0 Å². The van der Waals surface area contributed by atoms with Gasteiger partial charge < -0.3 is 4.98 Å². The Morgan fingerprint density at radius 1 is 1.12 bits per heavy atom. The van der Waals surface area contributed by atoms with Crippen molar-refractivity contribution in [3.8, 4) is 0 Å². The number of aromatic nitrogens is 1. The lowest BCUT2D eigenvalue weighted by atomic mass is 10.7. The molecule has 0 fully saturated rings.